The first-order valence-electron chi connectivity index (χ1n) is 7.18. The molecule has 1 aromatic carbocycles. The van der Waals surface area contributed by atoms with Crippen LogP contribution in [-0.2, 0) is 14.8 Å². The van der Waals surface area contributed by atoms with E-state index >= 15 is 0 Å². The van der Waals surface area contributed by atoms with Gasteiger partial charge in [0.15, 0.2) is 0 Å². The van der Waals surface area contributed by atoms with Crippen LogP contribution >= 0.6 is 0 Å². The summed E-state index contributed by atoms with van der Waals surface area (Å²) >= 11 is 0. The van der Waals surface area contributed by atoms with Crippen LogP contribution in [-0.4, -0.2) is 42.7 Å². The van der Waals surface area contributed by atoms with E-state index in [0.29, 0.717) is 24.7 Å². The number of aromatic amines is 1. The molecule has 0 radical (unpaired) electrons. The molecular formula is C15H19N3O3S. The Morgan fingerprint density at radius 3 is 2.64 bits per heavy atom. The maximum absolute atomic E-state index is 13.0. The summed E-state index contributed by atoms with van der Waals surface area (Å²) < 4.78 is 33.0. The van der Waals surface area contributed by atoms with E-state index in [2.05, 4.69) is 10.2 Å². The third-order valence-electron chi connectivity index (χ3n) is 3.95. The third-order valence-corrected chi connectivity index (χ3v) is 5.87. The monoisotopic (exact) mass is 321 g/mol. The predicted octanol–water partition coefficient (Wildman–Crippen LogP) is 1.79. The highest BCUT2D eigenvalue weighted by molar-refractivity contribution is 7.89. The topological polar surface area (TPSA) is 75.3 Å². The van der Waals surface area contributed by atoms with Crippen molar-refractivity contribution in [3.05, 3.63) is 47.3 Å². The molecule has 0 aliphatic carbocycles. The van der Waals surface area contributed by atoms with Crippen LogP contribution < -0.4 is 0 Å². The number of aryl methyl sites for hydroxylation is 2. The molecule has 1 aromatic heterocycles. The number of rotatable bonds is 3. The van der Waals surface area contributed by atoms with Crippen LogP contribution in [0.1, 0.15) is 23.0 Å². The minimum absolute atomic E-state index is 0.306. The zero-order valence-corrected chi connectivity index (χ0v) is 13.4. The molecular weight excluding hydrogens is 302 g/mol. The molecule has 0 amide bonds. The van der Waals surface area contributed by atoms with Gasteiger partial charge >= 0.3 is 0 Å². The molecule has 1 N–H and O–H groups in total. The Balaban J connectivity index is 2.04. The first-order valence-corrected chi connectivity index (χ1v) is 8.62. The van der Waals surface area contributed by atoms with Gasteiger partial charge in [0.2, 0.25) is 10.0 Å². The SMILES string of the molecule is Cc1n[nH]c(C)c1[C@@H]1COCCN1S(=O)(=O)c1ccccc1. The van der Waals surface area contributed by atoms with Gasteiger partial charge in [-0.3, -0.25) is 5.10 Å². The second-order valence-corrected chi connectivity index (χ2v) is 7.26. The fraction of sp³-hybridized carbons (Fsp3) is 0.400. The second kappa shape index (κ2) is 5.83. The number of hydrogen-bond donors (Lipinski definition) is 1. The molecule has 1 saturated heterocycles. The van der Waals surface area contributed by atoms with Gasteiger partial charge in [0.05, 0.1) is 29.8 Å². The maximum atomic E-state index is 13.0. The molecule has 0 unspecified atom stereocenters. The minimum Gasteiger partial charge on any atom is -0.378 e. The molecule has 2 aromatic rings. The van der Waals surface area contributed by atoms with Crippen molar-refractivity contribution in [3.8, 4) is 0 Å². The van der Waals surface area contributed by atoms with Crippen LogP contribution in [0.4, 0.5) is 0 Å². The quantitative estimate of drug-likeness (QED) is 0.935. The fourth-order valence-corrected chi connectivity index (χ4v) is 4.47. The number of benzene rings is 1. The Morgan fingerprint density at radius 1 is 1.27 bits per heavy atom. The number of sulfonamides is 1. The van der Waals surface area contributed by atoms with Gasteiger partial charge < -0.3 is 4.74 Å². The largest absolute Gasteiger partial charge is 0.378 e. The fourth-order valence-electron chi connectivity index (χ4n) is 2.88. The minimum atomic E-state index is -3.56. The van der Waals surface area contributed by atoms with Gasteiger partial charge in [0.25, 0.3) is 0 Å². The molecule has 1 aliphatic heterocycles. The summed E-state index contributed by atoms with van der Waals surface area (Å²) in [4.78, 5) is 0.306. The van der Waals surface area contributed by atoms with Crippen molar-refractivity contribution in [2.75, 3.05) is 19.8 Å². The van der Waals surface area contributed by atoms with E-state index in [4.69, 9.17) is 4.74 Å². The first-order chi connectivity index (χ1) is 10.5. The lowest BCUT2D eigenvalue weighted by molar-refractivity contribution is 0.0316. The van der Waals surface area contributed by atoms with E-state index in [9.17, 15) is 8.42 Å². The van der Waals surface area contributed by atoms with Crippen LogP contribution in [0.25, 0.3) is 0 Å². The van der Waals surface area contributed by atoms with Crippen LogP contribution in [0.2, 0.25) is 0 Å². The van der Waals surface area contributed by atoms with Crippen molar-refractivity contribution < 1.29 is 13.2 Å². The molecule has 2 heterocycles. The lowest BCUT2D eigenvalue weighted by Gasteiger charge is -2.34. The zero-order chi connectivity index (χ0) is 15.7. The molecule has 6 nitrogen and oxygen atoms in total. The first kappa shape index (κ1) is 15.2. The van der Waals surface area contributed by atoms with Gasteiger partial charge in [0, 0.05) is 17.8 Å². The number of H-pyrrole nitrogens is 1. The predicted molar refractivity (Wildman–Crippen MR) is 82.0 cm³/mol. The summed E-state index contributed by atoms with van der Waals surface area (Å²) in [6.07, 6.45) is 0. The maximum Gasteiger partial charge on any atom is 0.243 e. The summed E-state index contributed by atoms with van der Waals surface area (Å²) in [5.41, 5.74) is 2.58. The third kappa shape index (κ3) is 2.55. The van der Waals surface area contributed by atoms with Crippen LogP contribution in [0, 0.1) is 13.8 Å². The molecule has 7 heteroatoms. The smallest absolute Gasteiger partial charge is 0.243 e. The van der Waals surface area contributed by atoms with Gasteiger partial charge in [-0.1, -0.05) is 18.2 Å². The van der Waals surface area contributed by atoms with Crippen molar-refractivity contribution in [3.63, 3.8) is 0 Å². The highest BCUT2D eigenvalue weighted by Gasteiger charge is 2.37. The highest BCUT2D eigenvalue weighted by atomic mass is 32.2. The van der Waals surface area contributed by atoms with Crippen molar-refractivity contribution in [1.82, 2.24) is 14.5 Å². The molecule has 0 spiro atoms. The Morgan fingerprint density at radius 2 is 2.00 bits per heavy atom. The van der Waals surface area contributed by atoms with Gasteiger partial charge in [-0.2, -0.15) is 9.40 Å². The molecule has 0 bridgehead atoms. The van der Waals surface area contributed by atoms with E-state index < -0.39 is 10.0 Å². The summed E-state index contributed by atoms with van der Waals surface area (Å²) in [6.45, 7) is 4.86. The summed E-state index contributed by atoms with van der Waals surface area (Å²) in [6, 6.07) is 8.17. The van der Waals surface area contributed by atoms with E-state index in [1.54, 1.807) is 30.3 Å². The van der Waals surface area contributed by atoms with Crippen molar-refractivity contribution in [2.24, 2.45) is 0 Å². The summed E-state index contributed by atoms with van der Waals surface area (Å²) in [5.74, 6) is 0. The van der Waals surface area contributed by atoms with Crippen LogP contribution in [0.3, 0.4) is 0 Å². The summed E-state index contributed by atoms with van der Waals surface area (Å²) in [7, 11) is -3.56. The lowest BCUT2D eigenvalue weighted by Crippen LogP contribution is -2.43. The van der Waals surface area contributed by atoms with Crippen LogP contribution in [0.15, 0.2) is 35.2 Å². The van der Waals surface area contributed by atoms with E-state index in [0.717, 1.165) is 17.0 Å². The number of nitrogens with zero attached hydrogens (tertiary/aromatic N) is 2. The Kier molecular flexibility index (Phi) is 4.03. The summed E-state index contributed by atoms with van der Waals surface area (Å²) in [5, 5.41) is 7.10. The molecule has 3 rings (SSSR count). The molecule has 118 valence electrons. The number of nitrogens with one attached hydrogen (secondary N) is 1. The van der Waals surface area contributed by atoms with Gasteiger partial charge in [0.1, 0.15) is 0 Å². The molecule has 22 heavy (non-hydrogen) atoms. The number of morpholine rings is 1. The normalized spacial score (nSPS) is 20.2. The van der Waals surface area contributed by atoms with E-state index in [1.165, 1.54) is 4.31 Å². The Hall–Kier alpha value is -1.70. The molecule has 1 fully saturated rings. The Labute approximate surface area is 130 Å². The highest BCUT2D eigenvalue weighted by Crippen LogP contribution is 2.32. The molecule has 1 atom stereocenters. The average Bonchev–Trinajstić information content (AvgIpc) is 2.87. The van der Waals surface area contributed by atoms with Crippen LogP contribution in [0.5, 0.6) is 0 Å². The number of hydrogen-bond acceptors (Lipinski definition) is 4. The van der Waals surface area contributed by atoms with Gasteiger partial charge in [-0.25, -0.2) is 8.42 Å². The lowest BCUT2D eigenvalue weighted by atomic mass is 10.1. The second-order valence-electron chi connectivity index (χ2n) is 5.37. The molecule has 1 aliphatic rings. The van der Waals surface area contributed by atoms with Crippen molar-refractivity contribution >= 4 is 10.0 Å². The molecule has 0 saturated carbocycles. The average molecular weight is 321 g/mol. The van der Waals surface area contributed by atoms with Gasteiger partial charge in [-0.05, 0) is 26.0 Å². The number of aromatic nitrogens is 2. The van der Waals surface area contributed by atoms with Crippen molar-refractivity contribution in [1.29, 1.82) is 0 Å². The van der Waals surface area contributed by atoms with E-state index in [-0.39, 0.29) is 6.04 Å². The zero-order valence-electron chi connectivity index (χ0n) is 12.6. The Bertz CT molecular complexity index is 736. The van der Waals surface area contributed by atoms with Gasteiger partial charge in [-0.15, -0.1) is 0 Å². The number of ether oxygens (including phenoxy) is 1. The van der Waals surface area contributed by atoms with Crippen molar-refractivity contribution in [2.45, 2.75) is 24.8 Å². The standard InChI is InChI=1S/C15H19N3O3S/c1-11-15(12(2)17-16-11)14-10-21-9-8-18(14)22(19,20)13-6-4-3-5-7-13/h3-7,14H,8-10H2,1-2H3,(H,16,17)/t14-/m0/s1. The van der Waals surface area contributed by atoms with E-state index in [1.807, 2.05) is 13.8 Å².